The van der Waals surface area contributed by atoms with Gasteiger partial charge in [-0.2, -0.15) is 4.39 Å². The molecule has 0 saturated carbocycles. The molecule has 1 aromatic carbocycles. The molecular formula is C13H13F2N3O3. The van der Waals surface area contributed by atoms with E-state index < -0.39 is 33.7 Å². The minimum Gasteiger partial charge on any atom is -0.348 e. The highest BCUT2D eigenvalue weighted by Gasteiger charge is 2.26. The first kappa shape index (κ1) is 15.0. The van der Waals surface area contributed by atoms with Gasteiger partial charge in [0.2, 0.25) is 5.82 Å². The third-order valence-corrected chi connectivity index (χ3v) is 3.13. The van der Waals surface area contributed by atoms with E-state index in [1.807, 2.05) is 6.08 Å². The van der Waals surface area contributed by atoms with Crippen LogP contribution < -0.4 is 10.6 Å². The molecule has 0 bridgehead atoms. The number of hydrogen-bond donors (Lipinski definition) is 2. The molecule has 0 unspecified atom stereocenters. The zero-order valence-corrected chi connectivity index (χ0v) is 11.0. The summed E-state index contributed by atoms with van der Waals surface area (Å²) in [5.41, 5.74) is -0.922. The van der Waals surface area contributed by atoms with E-state index in [1.165, 1.54) is 0 Å². The molecule has 0 aliphatic carbocycles. The van der Waals surface area contributed by atoms with Crippen LogP contribution in [0.2, 0.25) is 0 Å². The van der Waals surface area contributed by atoms with Gasteiger partial charge in [0, 0.05) is 19.2 Å². The second-order valence-electron chi connectivity index (χ2n) is 4.51. The molecule has 0 atom stereocenters. The summed E-state index contributed by atoms with van der Waals surface area (Å²) in [5, 5.41) is 16.1. The Morgan fingerprint density at radius 3 is 2.81 bits per heavy atom. The minimum absolute atomic E-state index is 0.155. The van der Waals surface area contributed by atoms with Gasteiger partial charge in [-0.15, -0.1) is 0 Å². The Bertz CT molecular complexity index is 617. The van der Waals surface area contributed by atoms with E-state index in [1.54, 1.807) is 0 Å². The number of benzene rings is 1. The highest BCUT2D eigenvalue weighted by Crippen LogP contribution is 2.23. The fourth-order valence-electron chi connectivity index (χ4n) is 2.00. The fourth-order valence-corrected chi connectivity index (χ4v) is 2.00. The first-order valence-corrected chi connectivity index (χ1v) is 6.30. The lowest BCUT2D eigenvalue weighted by Crippen LogP contribution is -2.30. The number of halogens is 2. The monoisotopic (exact) mass is 297 g/mol. The Labute approximate surface area is 119 Å². The van der Waals surface area contributed by atoms with Gasteiger partial charge in [-0.1, -0.05) is 11.6 Å². The zero-order valence-electron chi connectivity index (χ0n) is 11.0. The van der Waals surface area contributed by atoms with E-state index in [9.17, 15) is 23.7 Å². The van der Waals surface area contributed by atoms with Crippen LogP contribution in [0.25, 0.3) is 0 Å². The van der Waals surface area contributed by atoms with Gasteiger partial charge in [0.1, 0.15) is 11.4 Å². The van der Waals surface area contributed by atoms with Crippen molar-refractivity contribution >= 4 is 11.6 Å². The van der Waals surface area contributed by atoms with E-state index >= 15 is 0 Å². The first-order valence-electron chi connectivity index (χ1n) is 6.30. The molecule has 1 amide bonds. The highest BCUT2D eigenvalue weighted by molar-refractivity contribution is 5.95. The number of nitrogens with one attached hydrogen (secondary N) is 2. The molecule has 2 rings (SSSR count). The van der Waals surface area contributed by atoms with E-state index in [4.69, 9.17) is 0 Å². The van der Waals surface area contributed by atoms with E-state index in [0.29, 0.717) is 18.7 Å². The normalized spacial score (nSPS) is 14.5. The SMILES string of the molecule is O=C(NCC1=CCNCC1)c1c(F)ccc([N+](=O)[O-])c1F. The van der Waals surface area contributed by atoms with Gasteiger partial charge in [0.15, 0.2) is 0 Å². The van der Waals surface area contributed by atoms with Crippen LogP contribution >= 0.6 is 0 Å². The predicted octanol–water partition coefficient (Wildman–Crippen LogP) is 1.52. The number of nitro groups is 1. The summed E-state index contributed by atoms with van der Waals surface area (Å²) in [7, 11) is 0. The number of carbonyl (C=O) groups is 1. The summed E-state index contributed by atoms with van der Waals surface area (Å²) in [6.45, 7) is 1.59. The van der Waals surface area contributed by atoms with Gasteiger partial charge in [0.05, 0.1) is 4.92 Å². The Balaban J connectivity index is 2.16. The number of nitro benzene ring substituents is 1. The quantitative estimate of drug-likeness (QED) is 0.501. The Kier molecular flexibility index (Phi) is 4.59. The molecule has 1 heterocycles. The summed E-state index contributed by atoms with van der Waals surface area (Å²) in [6.07, 6.45) is 2.60. The number of hydrogen-bond acceptors (Lipinski definition) is 4. The number of nitrogens with zero attached hydrogens (tertiary/aromatic N) is 1. The lowest BCUT2D eigenvalue weighted by molar-refractivity contribution is -0.387. The van der Waals surface area contributed by atoms with Crippen molar-refractivity contribution in [3.8, 4) is 0 Å². The van der Waals surface area contributed by atoms with Gasteiger partial charge in [-0.3, -0.25) is 14.9 Å². The molecule has 0 spiro atoms. The lowest BCUT2D eigenvalue weighted by Gasteiger charge is -2.14. The maximum absolute atomic E-state index is 13.8. The van der Waals surface area contributed by atoms with Gasteiger partial charge in [-0.05, 0) is 19.0 Å². The van der Waals surface area contributed by atoms with Crippen LogP contribution in [0.5, 0.6) is 0 Å². The van der Waals surface area contributed by atoms with Crippen molar-refractivity contribution in [3.63, 3.8) is 0 Å². The van der Waals surface area contributed by atoms with Crippen LogP contribution in [-0.4, -0.2) is 30.5 Å². The maximum Gasteiger partial charge on any atom is 0.305 e. The van der Waals surface area contributed by atoms with Crippen LogP contribution in [-0.2, 0) is 0 Å². The van der Waals surface area contributed by atoms with Crippen molar-refractivity contribution in [2.45, 2.75) is 6.42 Å². The van der Waals surface area contributed by atoms with Crippen LogP contribution in [0, 0.1) is 21.7 Å². The van der Waals surface area contributed by atoms with Crippen molar-refractivity contribution in [1.29, 1.82) is 0 Å². The molecule has 2 N–H and O–H groups in total. The van der Waals surface area contributed by atoms with Crippen LogP contribution in [0.15, 0.2) is 23.8 Å². The molecule has 1 aliphatic heterocycles. The average molecular weight is 297 g/mol. The lowest BCUT2D eigenvalue weighted by atomic mass is 10.1. The molecule has 1 aliphatic rings. The maximum atomic E-state index is 13.8. The van der Waals surface area contributed by atoms with Crippen molar-refractivity contribution in [1.82, 2.24) is 10.6 Å². The predicted molar refractivity (Wildman–Crippen MR) is 70.9 cm³/mol. The molecule has 0 fully saturated rings. The van der Waals surface area contributed by atoms with E-state index in [-0.39, 0.29) is 6.54 Å². The van der Waals surface area contributed by atoms with Gasteiger partial charge in [-0.25, -0.2) is 4.39 Å². The standard InChI is InChI=1S/C13H13F2N3O3/c14-9-1-2-10(18(20)21)12(15)11(9)13(19)17-7-8-3-5-16-6-4-8/h1-3,16H,4-7H2,(H,17,19). The number of rotatable bonds is 4. The molecule has 21 heavy (non-hydrogen) atoms. The smallest absolute Gasteiger partial charge is 0.305 e. The summed E-state index contributed by atoms with van der Waals surface area (Å²) >= 11 is 0. The zero-order chi connectivity index (χ0) is 15.4. The molecule has 0 saturated heterocycles. The topological polar surface area (TPSA) is 84.3 Å². The summed E-state index contributed by atoms with van der Waals surface area (Å²) in [5.74, 6) is -3.60. The molecule has 1 aromatic rings. The Hall–Kier alpha value is -2.35. The largest absolute Gasteiger partial charge is 0.348 e. The third kappa shape index (κ3) is 3.40. The second-order valence-corrected chi connectivity index (χ2v) is 4.51. The van der Waals surface area contributed by atoms with Crippen LogP contribution in [0.4, 0.5) is 14.5 Å². The van der Waals surface area contributed by atoms with Crippen molar-refractivity contribution in [2.75, 3.05) is 19.6 Å². The molecule has 8 heteroatoms. The summed E-state index contributed by atoms with van der Waals surface area (Å²) in [4.78, 5) is 21.5. The van der Waals surface area contributed by atoms with Crippen LogP contribution in [0.3, 0.4) is 0 Å². The van der Waals surface area contributed by atoms with E-state index in [0.717, 1.165) is 18.5 Å². The fraction of sp³-hybridized carbons (Fsp3) is 0.308. The minimum atomic E-state index is -1.46. The van der Waals surface area contributed by atoms with Crippen molar-refractivity contribution in [2.24, 2.45) is 0 Å². The molecule has 6 nitrogen and oxygen atoms in total. The average Bonchev–Trinajstić information content (AvgIpc) is 2.46. The summed E-state index contributed by atoms with van der Waals surface area (Å²) in [6, 6.07) is 1.40. The molecule has 0 aromatic heterocycles. The third-order valence-electron chi connectivity index (χ3n) is 3.13. The Morgan fingerprint density at radius 1 is 1.43 bits per heavy atom. The second kappa shape index (κ2) is 6.40. The van der Waals surface area contributed by atoms with Gasteiger partial charge >= 0.3 is 5.69 Å². The number of amides is 1. The van der Waals surface area contributed by atoms with Crippen LogP contribution in [0.1, 0.15) is 16.8 Å². The van der Waals surface area contributed by atoms with Gasteiger partial charge in [0.25, 0.3) is 5.91 Å². The summed E-state index contributed by atoms with van der Waals surface area (Å²) < 4.78 is 27.4. The van der Waals surface area contributed by atoms with E-state index in [2.05, 4.69) is 10.6 Å². The first-order chi connectivity index (χ1) is 10.0. The number of carbonyl (C=O) groups excluding carboxylic acids is 1. The highest BCUT2D eigenvalue weighted by atomic mass is 19.1. The van der Waals surface area contributed by atoms with Gasteiger partial charge < -0.3 is 10.6 Å². The molecular weight excluding hydrogens is 284 g/mol. The van der Waals surface area contributed by atoms with Crippen molar-refractivity contribution in [3.05, 3.63) is 51.1 Å². The van der Waals surface area contributed by atoms with Crippen molar-refractivity contribution < 1.29 is 18.5 Å². The molecule has 0 radical (unpaired) electrons. The molecule has 112 valence electrons. The Morgan fingerprint density at radius 2 is 2.19 bits per heavy atom.